The summed E-state index contributed by atoms with van der Waals surface area (Å²) in [4.78, 5) is 69.6. The normalized spacial score (nSPS) is 11.6. The van der Waals surface area contributed by atoms with Gasteiger partial charge in [0.1, 0.15) is 5.69 Å². The van der Waals surface area contributed by atoms with E-state index in [1.165, 1.54) is 11.3 Å². The Kier molecular flexibility index (Phi) is 21.7. The molecular weight excluding hydrogens is 713 g/mol. The first-order valence-corrected chi connectivity index (χ1v) is 18.8. The molecule has 0 spiro atoms. The molecular formula is C41H62N10O5. The van der Waals surface area contributed by atoms with Crippen LogP contribution < -0.4 is 11.0 Å². The van der Waals surface area contributed by atoms with Crippen molar-refractivity contribution in [3.63, 3.8) is 0 Å². The van der Waals surface area contributed by atoms with Gasteiger partial charge < -0.3 is 25.3 Å². The number of allylic oxidation sites excluding steroid dienone is 1. The second-order valence-electron chi connectivity index (χ2n) is 14.7. The Morgan fingerprint density at radius 1 is 0.679 bits per heavy atom. The van der Waals surface area contributed by atoms with Crippen molar-refractivity contribution in [2.75, 3.05) is 0 Å². The smallest absolute Gasteiger partial charge is 0.323 e. The zero-order valence-corrected chi connectivity index (χ0v) is 34.9. The van der Waals surface area contributed by atoms with Crippen LogP contribution in [0.4, 0.5) is 0 Å². The van der Waals surface area contributed by atoms with E-state index in [4.69, 9.17) is 0 Å². The summed E-state index contributed by atoms with van der Waals surface area (Å²) in [5, 5.41) is 15.4. The lowest BCUT2D eigenvalue weighted by Crippen LogP contribution is -2.23. The van der Waals surface area contributed by atoms with Crippen LogP contribution in [0.25, 0.3) is 0 Å². The van der Waals surface area contributed by atoms with E-state index in [1.54, 1.807) is 49.3 Å². The predicted molar refractivity (Wildman–Crippen MR) is 219 cm³/mol. The van der Waals surface area contributed by atoms with Gasteiger partial charge in [-0.05, 0) is 41.5 Å². The molecule has 0 radical (unpaired) electrons. The van der Waals surface area contributed by atoms with Crippen LogP contribution in [-0.2, 0) is 9.59 Å². The number of imidazole rings is 2. The van der Waals surface area contributed by atoms with E-state index < -0.39 is 0 Å². The van der Waals surface area contributed by atoms with Crippen molar-refractivity contribution in [3.05, 3.63) is 112 Å². The Bertz CT molecular complexity index is 1800. The maximum atomic E-state index is 11.2. The number of hydrogen-bond acceptors (Lipinski definition) is 8. The molecule has 7 N–H and O–H groups in total. The molecule has 0 fully saturated rings. The van der Waals surface area contributed by atoms with E-state index >= 15 is 0 Å². The number of hydrogen-bond donors (Lipinski definition) is 7. The number of nitrogens with one attached hydrogen (secondary N) is 7. The zero-order chi connectivity index (χ0) is 42.4. The molecule has 0 atom stereocenters. The summed E-state index contributed by atoms with van der Waals surface area (Å²) in [5.74, 6) is 1.87. The third kappa shape index (κ3) is 18.5. The lowest BCUT2D eigenvalue weighted by atomic mass is 10.0. The first-order chi connectivity index (χ1) is 26.3. The van der Waals surface area contributed by atoms with Gasteiger partial charge in [-0.15, -0.1) is 0 Å². The zero-order valence-electron chi connectivity index (χ0n) is 34.9. The molecule has 306 valence electrons. The van der Waals surface area contributed by atoms with Crippen LogP contribution in [0.3, 0.4) is 0 Å². The SMILES string of the molecule is CC(C)C(=O)C1=CCC(=O)N1.CC(C)C(=O)c1cc[nH]c1.CC(C)C(=O)c1ccn[nH]1.CC(C)c1c[nH]c(=O)[nH]1.CC(C)c1cn[nH]c1.CC(C)c1cnc[nH]1. The molecule has 5 aromatic heterocycles. The predicted octanol–water partition coefficient (Wildman–Crippen LogP) is 7.61. The largest absolute Gasteiger partial charge is 0.367 e. The fourth-order valence-electron chi connectivity index (χ4n) is 4.25. The van der Waals surface area contributed by atoms with Crippen LogP contribution in [0.1, 0.15) is 145 Å². The second-order valence-corrected chi connectivity index (χ2v) is 14.7. The number of carbonyl (C=O) groups excluding carboxylic acids is 4. The van der Waals surface area contributed by atoms with Crippen LogP contribution in [0.5, 0.6) is 0 Å². The molecule has 1 aliphatic heterocycles. The van der Waals surface area contributed by atoms with Crippen molar-refractivity contribution in [2.24, 2.45) is 17.8 Å². The maximum absolute atomic E-state index is 11.2. The van der Waals surface area contributed by atoms with Crippen molar-refractivity contribution in [2.45, 2.75) is 107 Å². The van der Waals surface area contributed by atoms with Crippen LogP contribution in [0, 0.1) is 17.8 Å². The number of rotatable bonds is 9. The van der Waals surface area contributed by atoms with Gasteiger partial charge in [0.25, 0.3) is 0 Å². The van der Waals surface area contributed by atoms with E-state index in [-0.39, 0.29) is 46.7 Å². The van der Waals surface area contributed by atoms with Gasteiger partial charge in [-0.3, -0.25) is 29.4 Å². The second kappa shape index (κ2) is 25.3. The van der Waals surface area contributed by atoms with Gasteiger partial charge in [0.05, 0.1) is 18.2 Å². The molecule has 5 aromatic rings. The van der Waals surface area contributed by atoms with Gasteiger partial charge in [0, 0.05) is 78.3 Å². The molecule has 6 rings (SSSR count). The first kappa shape index (κ1) is 48.2. The summed E-state index contributed by atoms with van der Waals surface area (Å²) < 4.78 is 0. The van der Waals surface area contributed by atoms with Gasteiger partial charge in [-0.2, -0.15) is 10.2 Å². The third-order valence-corrected chi connectivity index (χ3v) is 7.82. The Hall–Kier alpha value is -5.86. The number of aromatic amines is 6. The van der Waals surface area contributed by atoms with Crippen molar-refractivity contribution < 1.29 is 19.2 Å². The van der Waals surface area contributed by atoms with Gasteiger partial charge in [-0.1, -0.05) is 83.1 Å². The molecule has 6 heterocycles. The minimum atomic E-state index is -0.126. The monoisotopic (exact) mass is 774 g/mol. The number of Topliss-reactive ketones (excluding diaryl/α,β-unsaturated/α-hetero) is 3. The van der Waals surface area contributed by atoms with Crippen LogP contribution in [0.2, 0.25) is 0 Å². The van der Waals surface area contributed by atoms with Crippen molar-refractivity contribution in [1.29, 1.82) is 0 Å². The number of amides is 1. The molecule has 1 aliphatic rings. The maximum Gasteiger partial charge on any atom is 0.323 e. The summed E-state index contributed by atoms with van der Waals surface area (Å²) >= 11 is 0. The van der Waals surface area contributed by atoms with Crippen molar-refractivity contribution in [3.8, 4) is 0 Å². The molecule has 15 heteroatoms. The Balaban J connectivity index is 0.000000337. The Labute approximate surface area is 329 Å². The number of aromatic nitrogens is 9. The average molecular weight is 775 g/mol. The van der Waals surface area contributed by atoms with E-state index in [1.807, 2.05) is 74.0 Å². The van der Waals surface area contributed by atoms with E-state index in [0.29, 0.717) is 35.6 Å². The van der Waals surface area contributed by atoms with E-state index in [9.17, 15) is 24.0 Å². The Morgan fingerprint density at radius 2 is 1.32 bits per heavy atom. The van der Waals surface area contributed by atoms with Crippen molar-refractivity contribution in [1.82, 2.24) is 50.6 Å². The fourth-order valence-corrected chi connectivity index (χ4v) is 4.25. The molecule has 15 nitrogen and oxygen atoms in total. The minimum Gasteiger partial charge on any atom is -0.367 e. The Morgan fingerprint density at radius 3 is 1.64 bits per heavy atom. The molecule has 56 heavy (non-hydrogen) atoms. The van der Waals surface area contributed by atoms with Gasteiger partial charge in [-0.25, -0.2) is 9.78 Å². The lowest BCUT2D eigenvalue weighted by molar-refractivity contribution is -0.122. The molecule has 0 aliphatic carbocycles. The number of ketones is 3. The molecule has 0 unspecified atom stereocenters. The highest BCUT2D eigenvalue weighted by Crippen LogP contribution is 2.11. The summed E-state index contributed by atoms with van der Waals surface area (Å²) in [6.07, 6.45) is 16.1. The average Bonchev–Trinajstić information content (AvgIpc) is 4.01. The standard InChI is InChI=1S/C8H11NO2.C8H11NO.C7H10N2O.C6H10N2O.2C6H10N2/c1-5(2)8(11)6-3-4-7(10)9-6;1-6(2)8(10)7-3-4-9-5-7;1-5(2)7(10)6-3-4-8-9-6;1-4(2)5-3-7-6(9)8-5;1-5(2)6-3-7-4-8-6;1-5(2)6-3-7-8-4-6/h3,5H,4H2,1-2H3,(H,9,10);3-6,9H,1-2H3;3-5H,1-2H3,(H,8,9);3-4H,1-2H3,(H2,7,8,9);2*3-5H,1-2H3,(H,7,8). The van der Waals surface area contributed by atoms with E-state index in [2.05, 4.69) is 78.3 Å². The number of nitrogens with zero attached hydrogens (tertiary/aromatic N) is 3. The molecule has 1 amide bonds. The molecule has 0 saturated carbocycles. The highest BCUT2D eigenvalue weighted by atomic mass is 16.2. The topological polar surface area (TPSA) is 231 Å². The lowest BCUT2D eigenvalue weighted by Gasteiger charge is -2.03. The first-order valence-electron chi connectivity index (χ1n) is 18.8. The quantitative estimate of drug-likeness (QED) is 0.0735. The van der Waals surface area contributed by atoms with Gasteiger partial charge >= 0.3 is 5.69 Å². The third-order valence-electron chi connectivity index (χ3n) is 7.82. The molecule has 0 bridgehead atoms. The highest BCUT2D eigenvalue weighted by molar-refractivity contribution is 6.03. The van der Waals surface area contributed by atoms with Crippen LogP contribution in [0.15, 0.2) is 78.4 Å². The highest BCUT2D eigenvalue weighted by Gasteiger charge is 2.20. The summed E-state index contributed by atoms with van der Waals surface area (Å²) in [7, 11) is 0. The van der Waals surface area contributed by atoms with E-state index in [0.717, 1.165) is 11.3 Å². The molecule has 0 aromatic carbocycles. The number of H-pyrrole nitrogens is 6. The van der Waals surface area contributed by atoms with Crippen LogP contribution in [-0.4, -0.2) is 68.6 Å². The summed E-state index contributed by atoms with van der Waals surface area (Å²) in [6, 6.07) is 3.48. The molecule has 0 saturated heterocycles. The number of carbonyl (C=O) groups is 4. The summed E-state index contributed by atoms with van der Waals surface area (Å²) in [5.41, 5.74) is 5.13. The fraction of sp³-hybridized carbons (Fsp3) is 0.463. The van der Waals surface area contributed by atoms with Gasteiger partial charge in [0.15, 0.2) is 17.3 Å². The van der Waals surface area contributed by atoms with Crippen LogP contribution >= 0.6 is 0 Å². The summed E-state index contributed by atoms with van der Waals surface area (Å²) in [6.45, 7) is 23.8. The minimum absolute atomic E-state index is 0.0100. The van der Waals surface area contributed by atoms with Crippen molar-refractivity contribution >= 4 is 23.3 Å². The van der Waals surface area contributed by atoms with Gasteiger partial charge in [0.2, 0.25) is 5.91 Å².